The van der Waals surface area contributed by atoms with E-state index in [1.807, 2.05) is 12.1 Å². The van der Waals surface area contributed by atoms with Crippen LogP contribution in [-0.4, -0.2) is 41.7 Å². The summed E-state index contributed by atoms with van der Waals surface area (Å²) in [4.78, 5) is 2.32. The number of rotatable bonds is 3. The maximum atomic E-state index is 9.98. The summed E-state index contributed by atoms with van der Waals surface area (Å²) in [6.45, 7) is 4.90. The minimum absolute atomic E-state index is 0.174. The van der Waals surface area contributed by atoms with Gasteiger partial charge in [-0.2, -0.15) is 0 Å². The van der Waals surface area contributed by atoms with Crippen LogP contribution in [0, 0.1) is 0 Å². The molecular formula is C17H25N5O. The molecule has 0 saturated carbocycles. The van der Waals surface area contributed by atoms with Crippen LogP contribution in [0.25, 0.3) is 5.70 Å². The van der Waals surface area contributed by atoms with Crippen molar-refractivity contribution in [2.24, 2.45) is 11.5 Å². The van der Waals surface area contributed by atoms with Crippen molar-refractivity contribution in [1.82, 2.24) is 15.5 Å². The number of phenolic OH excluding ortho intramolecular Hbond substituents is 1. The number of hydrogen-bond donors (Lipinski definition) is 5. The zero-order chi connectivity index (χ0) is 16.4. The normalized spacial score (nSPS) is 25.1. The molecule has 7 N–H and O–H groups in total. The predicted octanol–water partition coefficient (Wildman–Crippen LogP) is 0.475. The van der Waals surface area contributed by atoms with Crippen LogP contribution >= 0.6 is 0 Å². The third-order valence-corrected chi connectivity index (χ3v) is 4.62. The molecule has 6 nitrogen and oxygen atoms in total. The number of aromatic hydroxyl groups is 1. The van der Waals surface area contributed by atoms with Crippen molar-refractivity contribution in [3.63, 3.8) is 0 Å². The van der Waals surface area contributed by atoms with Crippen molar-refractivity contribution in [3.8, 4) is 5.75 Å². The van der Waals surface area contributed by atoms with Gasteiger partial charge in [0.1, 0.15) is 11.6 Å². The highest BCUT2D eigenvalue weighted by atomic mass is 16.3. The lowest BCUT2D eigenvalue weighted by atomic mass is 9.97. The van der Waals surface area contributed by atoms with Gasteiger partial charge in [-0.1, -0.05) is 19.1 Å². The first-order valence-corrected chi connectivity index (χ1v) is 8.11. The minimum atomic E-state index is 0.174. The fourth-order valence-electron chi connectivity index (χ4n) is 3.39. The standard InChI is InChI=1S/C17H25N5O/c1-2-13-15-10-20-7-8-22(15)14(17(19)21-13)9-12(18)11-5-3-4-6-16(11)23/h3-6,9,13,15,20-21,23H,2,7-8,10,18-19H2,1H3/b12-9-. The van der Waals surface area contributed by atoms with E-state index in [4.69, 9.17) is 11.5 Å². The summed E-state index contributed by atoms with van der Waals surface area (Å²) in [5, 5.41) is 16.8. The van der Waals surface area contributed by atoms with Crippen molar-refractivity contribution in [3.05, 3.63) is 47.4 Å². The maximum Gasteiger partial charge on any atom is 0.124 e. The van der Waals surface area contributed by atoms with E-state index < -0.39 is 0 Å². The Labute approximate surface area is 136 Å². The summed E-state index contributed by atoms with van der Waals surface area (Å²) in [6.07, 6.45) is 2.87. The Morgan fingerprint density at radius 2 is 2.22 bits per heavy atom. The van der Waals surface area contributed by atoms with Crippen LogP contribution in [0.15, 0.2) is 41.9 Å². The third-order valence-electron chi connectivity index (χ3n) is 4.62. The second-order valence-electron chi connectivity index (χ2n) is 6.04. The number of hydrogen-bond acceptors (Lipinski definition) is 6. The Kier molecular flexibility index (Phi) is 4.34. The quantitative estimate of drug-likeness (QED) is 0.556. The second kappa shape index (κ2) is 6.42. The number of nitrogens with two attached hydrogens (primary N) is 2. The van der Waals surface area contributed by atoms with Crippen LogP contribution in [0.2, 0.25) is 0 Å². The number of piperazine rings is 1. The van der Waals surface area contributed by atoms with E-state index >= 15 is 0 Å². The molecule has 0 radical (unpaired) electrons. The molecule has 1 aromatic carbocycles. The van der Waals surface area contributed by atoms with Gasteiger partial charge >= 0.3 is 0 Å². The number of allylic oxidation sites excluding steroid dienone is 1. The molecule has 0 aromatic heterocycles. The summed E-state index contributed by atoms with van der Waals surface area (Å²) in [6, 6.07) is 7.75. The van der Waals surface area contributed by atoms with E-state index in [-0.39, 0.29) is 5.75 Å². The maximum absolute atomic E-state index is 9.98. The lowest BCUT2D eigenvalue weighted by Crippen LogP contribution is -2.63. The Morgan fingerprint density at radius 3 is 2.96 bits per heavy atom. The van der Waals surface area contributed by atoms with Gasteiger partial charge in [-0.05, 0) is 24.6 Å². The topological polar surface area (TPSA) is 99.6 Å². The number of phenols is 1. The minimum Gasteiger partial charge on any atom is -0.507 e. The molecule has 0 spiro atoms. The first-order chi connectivity index (χ1) is 11.1. The van der Waals surface area contributed by atoms with Gasteiger partial charge in [-0.25, -0.2) is 0 Å². The average Bonchev–Trinajstić information content (AvgIpc) is 2.57. The zero-order valence-electron chi connectivity index (χ0n) is 13.4. The summed E-state index contributed by atoms with van der Waals surface area (Å²) in [7, 11) is 0. The van der Waals surface area contributed by atoms with E-state index in [1.54, 1.807) is 18.2 Å². The first kappa shape index (κ1) is 15.6. The highest BCUT2D eigenvalue weighted by Crippen LogP contribution is 2.27. The molecule has 6 heteroatoms. The molecule has 2 heterocycles. The van der Waals surface area contributed by atoms with Gasteiger partial charge in [-0.3, -0.25) is 0 Å². The fourth-order valence-corrected chi connectivity index (χ4v) is 3.39. The Hall–Kier alpha value is -2.34. The monoisotopic (exact) mass is 315 g/mol. The average molecular weight is 315 g/mol. The summed E-state index contributed by atoms with van der Waals surface area (Å²) in [5.74, 6) is 0.820. The number of nitrogens with zero attached hydrogens (tertiary/aromatic N) is 1. The number of nitrogens with one attached hydrogen (secondary N) is 2. The van der Waals surface area contributed by atoms with Gasteiger partial charge < -0.3 is 32.1 Å². The van der Waals surface area contributed by atoms with E-state index in [0.717, 1.165) is 31.8 Å². The molecule has 23 heavy (non-hydrogen) atoms. The lowest BCUT2D eigenvalue weighted by molar-refractivity contribution is 0.152. The lowest BCUT2D eigenvalue weighted by Gasteiger charge is -2.47. The van der Waals surface area contributed by atoms with Gasteiger partial charge in [0, 0.05) is 36.9 Å². The summed E-state index contributed by atoms with van der Waals surface area (Å²) >= 11 is 0. The Morgan fingerprint density at radius 1 is 1.43 bits per heavy atom. The molecular weight excluding hydrogens is 290 g/mol. The van der Waals surface area contributed by atoms with Crippen LogP contribution in [0.4, 0.5) is 0 Å². The highest BCUT2D eigenvalue weighted by Gasteiger charge is 2.34. The number of para-hydroxylation sites is 1. The molecule has 1 saturated heterocycles. The molecule has 2 aliphatic rings. The Bertz CT molecular complexity index is 640. The van der Waals surface area contributed by atoms with Crippen LogP contribution in [0.1, 0.15) is 18.9 Å². The number of benzene rings is 1. The zero-order valence-corrected chi connectivity index (χ0v) is 13.4. The molecule has 2 aliphatic heterocycles. The van der Waals surface area contributed by atoms with Crippen molar-refractivity contribution < 1.29 is 5.11 Å². The largest absolute Gasteiger partial charge is 0.507 e. The molecule has 0 amide bonds. The molecule has 1 aromatic rings. The van der Waals surface area contributed by atoms with Crippen molar-refractivity contribution in [1.29, 1.82) is 0 Å². The SMILES string of the molecule is CCC1NC(N)=C(/C=C(\N)c2ccccc2O)N2CCNCC12. The molecule has 0 aliphatic carbocycles. The van der Waals surface area contributed by atoms with E-state index in [1.165, 1.54) is 0 Å². The molecule has 1 fully saturated rings. The molecule has 3 rings (SSSR count). The van der Waals surface area contributed by atoms with Crippen LogP contribution in [-0.2, 0) is 0 Å². The molecule has 0 bridgehead atoms. The van der Waals surface area contributed by atoms with Crippen molar-refractivity contribution >= 4 is 5.70 Å². The van der Waals surface area contributed by atoms with Crippen LogP contribution in [0.5, 0.6) is 5.75 Å². The molecule has 2 atom stereocenters. The second-order valence-corrected chi connectivity index (χ2v) is 6.04. The van der Waals surface area contributed by atoms with E-state index in [0.29, 0.717) is 29.2 Å². The molecule has 124 valence electrons. The van der Waals surface area contributed by atoms with E-state index in [9.17, 15) is 5.11 Å². The van der Waals surface area contributed by atoms with Gasteiger partial charge in [0.15, 0.2) is 0 Å². The number of fused-ring (bicyclic) bond motifs is 1. The molecule has 2 unspecified atom stereocenters. The van der Waals surface area contributed by atoms with Crippen molar-refractivity contribution in [2.45, 2.75) is 25.4 Å². The third kappa shape index (κ3) is 2.94. The fraction of sp³-hybridized carbons (Fsp3) is 0.412. The summed E-state index contributed by atoms with van der Waals surface area (Å²) < 4.78 is 0. The predicted molar refractivity (Wildman–Crippen MR) is 92.1 cm³/mol. The first-order valence-electron chi connectivity index (χ1n) is 8.11. The summed E-state index contributed by atoms with van der Waals surface area (Å²) in [5.41, 5.74) is 14.5. The van der Waals surface area contributed by atoms with Crippen LogP contribution in [0.3, 0.4) is 0 Å². The van der Waals surface area contributed by atoms with Gasteiger partial charge in [0.2, 0.25) is 0 Å². The van der Waals surface area contributed by atoms with E-state index in [2.05, 4.69) is 22.5 Å². The van der Waals surface area contributed by atoms with Crippen LogP contribution < -0.4 is 22.1 Å². The van der Waals surface area contributed by atoms with Gasteiger partial charge in [0.05, 0.1) is 11.7 Å². The van der Waals surface area contributed by atoms with Gasteiger partial charge in [0.25, 0.3) is 0 Å². The van der Waals surface area contributed by atoms with Gasteiger partial charge in [-0.15, -0.1) is 0 Å². The Balaban J connectivity index is 1.96. The highest BCUT2D eigenvalue weighted by molar-refractivity contribution is 5.70. The smallest absolute Gasteiger partial charge is 0.124 e. The van der Waals surface area contributed by atoms with Crippen molar-refractivity contribution in [2.75, 3.05) is 19.6 Å².